The highest BCUT2D eigenvalue weighted by atomic mass is 16.5. The second-order valence-corrected chi connectivity index (χ2v) is 3.85. The summed E-state index contributed by atoms with van der Waals surface area (Å²) in [5.41, 5.74) is 5.57. The summed E-state index contributed by atoms with van der Waals surface area (Å²) < 4.78 is 12.0. The van der Waals surface area contributed by atoms with Gasteiger partial charge in [-0.25, -0.2) is 4.68 Å². The molecule has 0 saturated carbocycles. The SMILES string of the molecule is COc1ccccc1OCCn1ncc(N)cc1=O. The highest BCUT2D eigenvalue weighted by Gasteiger charge is 2.03. The van der Waals surface area contributed by atoms with Crippen molar-refractivity contribution in [2.24, 2.45) is 0 Å². The number of nitrogens with zero attached hydrogens (tertiary/aromatic N) is 2. The van der Waals surface area contributed by atoms with E-state index >= 15 is 0 Å². The molecule has 0 aliphatic carbocycles. The van der Waals surface area contributed by atoms with Crippen LogP contribution in [0.4, 0.5) is 5.69 Å². The standard InChI is InChI=1S/C13H15N3O3/c1-18-11-4-2-3-5-12(11)19-7-6-16-13(17)8-10(14)9-15-16/h2-5,8-9H,6-7,14H2,1H3. The quantitative estimate of drug-likeness (QED) is 0.865. The first-order valence-corrected chi connectivity index (χ1v) is 5.79. The monoisotopic (exact) mass is 261 g/mol. The molecule has 6 nitrogen and oxygen atoms in total. The van der Waals surface area contributed by atoms with Crippen molar-refractivity contribution < 1.29 is 9.47 Å². The normalized spacial score (nSPS) is 10.2. The lowest BCUT2D eigenvalue weighted by atomic mass is 10.3. The number of rotatable bonds is 5. The van der Waals surface area contributed by atoms with Crippen LogP contribution in [0.1, 0.15) is 0 Å². The minimum Gasteiger partial charge on any atom is -0.493 e. The summed E-state index contributed by atoms with van der Waals surface area (Å²) in [7, 11) is 1.58. The molecule has 0 aliphatic heterocycles. The number of hydrogen-bond donors (Lipinski definition) is 1. The lowest BCUT2D eigenvalue weighted by Gasteiger charge is -2.10. The molecule has 1 aromatic carbocycles. The van der Waals surface area contributed by atoms with E-state index in [0.717, 1.165) is 0 Å². The van der Waals surface area contributed by atoms with Crippen molar-refractivity contribution >= 4 is 5.69 Å². The van der Waals surface area contributed by atoms with Crippen LogP contribution >= 0.6 is 0 Å². The van der Waals surface area contributed by atoms with Crippen molar-refractivity contribution in [3.63, 3.8) is 0 Å². The Bertz CT molecular complexity index is 610. The summed E-state index contributed by atoms with van der Waals surface area (Å²) in [6, 6.07) is 8.65. The van der Waals surface area contributed by atoms with Crippen molar-refractivity contribution in [1.82, 2.24) is 9.78 Å². The van der Waals surface area contributed by atoms with Crippen LogP contribution in [0.5, 0.6) is 11.5 Å². The lowest BCUT2D eigenvalue weighted by Crippen LogP contribution is -2.25. The average Bonchev–Trinajstić information content (AvgIpc) is 2.42. The van der Waals surface area contributed by atoms with Gasteiger partial charge >= 0.3 is 0 Å². The van der Waals surface area contributed by atoms with E-state index in [2.05, 4.69) is 5.10 Å². The summed E-state index contributed by atoms with van der Waals surface area (Å²) in [4.78, 5) is 11.5. The zero-order chi connectivity index (χ0) is 13.7. The largest absolute Gasteiger partial charge is 0.493 e. The average molecular weight is 261 g/mol. The number of benzene rings is 1. The molecule has 0 bridgehead atoms. The first-order chi connectivity index (χ1) is 9.20. The molecule has 19 heavy (non-hydrogen) atoms. The van der Waals surface area contributed by atoms with Crippen LogP contribution in [-0.4, -0.2) is 23.5 Å². The molecular weight excluding hydrogens is 246 g/mol. The number of para-hydroxylation sites is 2. The Balaban J connectivity index is 1.98. The predicted octanol–water partition coefficient (Wildman–Crippen LogP) is 0.913. The van der Waals surface area contributed by atoms with Gasteiger partial charge in [0.25, 0.3) is 5.56 Å². The molecule has 6 heteroatoms. The molecule has 1 heterocycles. The Morgan fingerprint density at radius 1 is 1.32 bits per heavy atom. The van der Waals surface area contributed by atoms with E-state index < -0.39 is 0 Å². The number of nitrogens with two attached hydrogens (primary N) is 1. The third-order valence-electron chi connectivity index (χ3n) is 2.52. The van der Waals surface area contributed by atoms with Crippen molar-refractivity contribution in [3.8, 4) is 11.5 Å². The molecule has 0 atom stereocenters. The Morgan fingerprint density at radius 2 is 2.05 bits per heavy atom. The fraction of sp³-hybridized carbons (Fsp3) is 0.231. The summed E-state index contributed by atoms with van der Waals surface area (Å²) >= 11 is 0. The molecular formula is C13H15N3O3. The first kappa shape index (κ1) is 12.9. The second kappa shape index (κ2) is 5.90. The van der Waals surface area contributed by atoms with Crippen LogP contribution in [-0.2, 0) is 6.54 Å². The zero-order valence-electron chi connectivity index (χ0n) is 10.6. The predicted molar refractivity (Wildman–Crippen MR) is 71.4 cm³/mol. The van der Waals surface area contributed by atoms with Crippen LogP contribution in [0.2, 0.25) is 0 Å². The maximum atomic E-state index is 11.5. The van der Waals surface area contributed by atoms with Gasteiger partial charge in [-0.2, -0.15) is 5.10 Å². The van der Waals surface area contributed by atoms with Crippen LogP contribution in [0.25, 0.3) is 0 Å². The molecule has 1 aromatic heterocycles. The summed E-state index contributed by atoms with van der Waals surface area (Å²) in [6.07, 6.45) is 1.44. The fourth-order valence-corrected chi connectivity index (χ4v) is 1.60. The van der Waals surface area contributed by atoms with Crippen LogP contribution < -0.4 is 20.8 Å². The Labute approximate surface area is 110 Å². The summed E-state index contributed by atoms with van der Waals surface area (Å²) in [6.45, 7) is 0.661. The number of nitrogen functional groups attached to an aromatic ring is 1. The van der Waals surface area contributed by atoms with E-state index in [4.69, 9.17) is 15.2 Å². The van der Waals surface area contributed by atoms with Crippen molar-refractivity contribution in [3.05, 3.63) is 46.9 Å². The van der Waals surface area contributed by atoms with E-state index in [0.29, 0.717) is 30.3 Å². The maximum Gasteiger partial charge on any atom is 0.268 e. The van der Waals surface area contributed by atoms with Gasteiger partial charge in [-0.1, -0.05) is 12.1 Å². The molecule has 0 spiro atoms. The van der Waals surface area contributed by atoms with Gasteiger partial charge in [0, 0.05) is 6.07 Å². The summed E-state index contributed by atoms with van der Waals surface area (Å²) in [5.74, 6) is 1.29. The molecule has 2 N–H and O–H groups in total. The van der Waals surface area contributed by atoms with Gasteiger partial charge in [0.15, 0.2) is 11.5 Å². The number of ether oxygens (including phenoxy) is 2. The minimum atomic E-state index is -0.247. The van der Waals surface area contributed by atoms with Crippen LogP contribution in [0, 0.1) is 0 Å². The van der Waals surface area contributed by atoms with E-state index in [-0.39, 0.29) is 5.56 Å². The Kier molecular flexibility index (Phi) is 4.02. The summed E-state index contributed by atoms with van der Waals surface area (Å²) in [5, 5.41) is 3.92. The van der Waals surface area contributed by atoms with Gasteiger partial charge in [0.05, 0.1) is 25.5 Å². The highest BCUT2D eigenvalue weighted by Crippen LogP contribution is 2.25. The lowest BCUT2D eigenvalue weighted by molar-refractivity contribution is 0.271. The van der Waals surface area contributed by atoms with Gasteiger partial charge in [-0.05, 0) is 12.1 Å². The van der Waals surface area contributed by atoms with Crippen molar-refractivity contribution in [2.45, 2.75) is 6.54 Å². The Morgan fingerprint density at radius 3 is 2.74 bits per heavy atom. The second-order valence-electron chi connectivity index (χ2n) is 3.85. The molecule has 2 aromatic rings. The first-order valence-electron chi connectivity index (χ1n) is 5.79. The van der Waals surface area contributed by atoms with E-state index in [9.17, 15) is 4.79 Å². The van der Waals surface area contributed by atoms with Crippen LogP contribution in [0.3, 0.4) is 0 Å². The van der Waals surface area contributed by atoms with E-state index in [1.807, 2.05) is 18.2 Å². The third kappa shape index (κ3) is 3.25. The van der Waals surface area contributed by atoms with E-state index in [1.54, 1.807) is 13.2 Å². The fourth-order valence-electron chi connectivity index (χ4n) is 1.60. The van der Waals surface area contributed by atoms with Gasteiger partial charge in [-0.15, -0.1) is 0 Å². The number of hydrogen-bond acceptors (Lipinski definition) is 5. The molecule has 0 radical (unpaired) electrons. The van der Waals surface area contributed by atoms with Gasteiger partial charge < -0.3 is 15.2 Å². The van der Waals surface area contributed by atoms with Crippen LogP contribution in [0.15, 0.2) is 41.3 Å². The van der Waals surface area contributed by atoms with Crippen molar-refractivity contribution in [2.75, 3.05) is 19.5 Å². The maximum absolute atomic E-state index is 11.5. The van der Waals surface area contributed by atoms with Gasteiger partial charge in [0.1, 0.15) is 6.61 Å². The molecule has 100 valence electrons. The highest BCUT2D eigenvalue weighted by molar-refractivity contribution is 5.39. The molecule has 0 amide bonds. The van der Waals surface area contributed by atoms with E-state index in [1.165, 1.54) is 16.9 Å². The number of anilines is 1. The molecule has 0 unspecified atom stereocenters. The minimum absolute atomic E-state index is 0.247. The molecule has 0 fully saturated rings. The number of aromatic nitrogens is 2. The molecule has 0 aliphatic rings. The zero-order valence-corrected chi connectivity index (χ0v) is 10.6. The third-order valence-corrected chi connectivity index (χ3v) is 2.52. The number of methoxy groups -OCH3 is 1. The molecule has 2 rings (SSSR count). The molecule has 0 saturated heterocycles. The van der Waals surface area contributed by atoms with Gasteiger partial charge in [0.2, 0.25) is 0 Å². The smallest absolute Gasteiger partial charge is 0.268 e. The topological polar surface area (TPSA) is 79.4 Å². The Hall–Kier alpha value is -2.50. The van der Waals surface area contributed by atoms with Crippen molar-refractivity contribution in [1.29, 1.82) is 0 Å². The van der Waals surface area contributed by atoms with Gasteiger partial charge in [-0.3, -0.25) is 4.79 Å².